The van der Waals surface area contributed by atoms with Gasteiger partial charge in [-0.2, -0.15) is 0 Å². The molecule has 0 aliphatic carbocycles. The Bertz CT molecular complexity index is 382. The van der Waals surface area contributed by atoms with Gasteiger partial charge in [0.05, 0.1) is 17.1 Å². The van der Waals surface area contributed by atoms with E-state index < -0.39 is 0 Å². The van der Waals surface area contributed by atoms with Crippen LogP contribution in [0.15, 0.2) is 11.2 Å². The van der Waals surface area contributed by atoms with E-state index in [1.54, 1.807) is 11.8 Å². The Labute approximate surface area is 121 Å². The van der Waals surface area contributed by atoms with Crippen molar-refractivity contribution in [1.82, 2.24) is 10.4 Å². The molecule has 1 saturated heterocycles. The summed E-state index contributed by atoms with van der Waals surface area (Å²) < 4.78 is 12.3. The van der Waals surface area contributed by atoms with Crippen LogP contribution < -0.4 is 5.43 Å². The fourth-order valence-electron chi connectivity index (χ4n) is 2.48. The maximum Gasteiger partial charge on any atom is 0.494 e. The summed E-state index contributed by atoms with van der Waals surface area (Å²) in [6.07, 6.45) is 2.10. The molecule has 19 heavy (non-hydrogen) atoms. The Morgan fingerprint density at radius 2 is 1.79 bits per heavy atom. The molecule has 0 spiro atoms. The van der Waals surface area contributed by atoms with E-state index in [1.165, 1.54) is 11.2 Å². The first-order valence-electron chi connectivity index (χ1n) is 6.78. The van der Waals surface area contributed by atoms with E-state index in [9.17, 15) is 0 Å². The molecule has 1 unspecified atom stereocenters. The van der Waals surface area contributed by atoms with Gasteiger partial charge < -0.3 is 14.3 Å². The number of nitrogens with zero attached hydrogens (tertiary/aromatic N) is 1. The highest BCUT2D eigenvalue weighted by atomic mass is 32.2. The van der Waals surface area contributed by atoms with Crippen molar-refractivity contribution < 1.29 is 9.31 Å². The zero-order valence-electron chi connectivity index (χ0n) is 13.0. The molecular formula is C13H25BN2O2S. The Morgan fingerprint density at radius 1 is 1.26 bits per heavy atom. The molecule has 0 radical (unpaired) electrons. The summed E-state index contributed by atoms with van der Waals surface area (Å²) in [5.74, 6) is 0.930. The Kier molecular flexibility index (Phi) is 4.00. The summed E-state index contributed by atoms with van der Waals surface area (Å²) >= 11 is 1.80. The molecule has 108 valence electrons. The molecule has 1 fully saturated rings. The van der Waals surface area contributed by atoms with Crippen molar-refractivity contribution >= 4 is 18.9 Å². The first-order valence-corrected chi connectivity index (χ1v) is 8.18. The highest BCUT2D eigenvalue weighted by molar-refractivity contribution is 7.98. The molecule has 0 amide bonds. The molecule has 0 aromatic carbocycles. The number of nitrogens with one attached hydrogen (secondary N) is 1. The smallest absolute Gasteiger partial charge is 0.399 e. The first kappa shape index (κ1) is 15.2. The standard InChI is InChI=1S/C13H25BN2O2S/c1-9-11(10(2)16(15-9)8-19-7)14-17-12(3,4)13(5,6)18-14/h9,15H,8H2,1-7H3. The molecule has 1 N–H and O–H groups in total. The van der Waals surface area contributed by atoms with Gasteiger partial charge in [-0.3, -0.25) is 0 Å². The van der Waals surface area contributed by atoms with Crippen molar-refractivity contribution in [2.24, 2.45) is 0 Å². The molecule has 1 atom stereocenters. The van der Waals surface area contributed by atoms with Crippen LogP contribution in [0.25, 0.3) is 0 Å². The lowest BCUT2D eigenvalue weighted by molar-refractivity contribution is 0.00578. The van der Waals surface area contributed by atoms with Gasteiger partial charge in [-0.15, -0.1) is 11.8 Å². The van der Waals surface area contributed by atoms with Crippen LogP contribution in [-0.4, -0.2) is 41.5 Å². The van der Waals surface area contributed by atoms with Gasteiger partial charge in [-0.05, 0) is 53.3 Å². The van der Waals surface area contributed by atoms with Gasteiger partial charge >= 0.3 is 7.12 Å². The Balaban J connectivity index is 2.23. The van der Waals surface area contributed by atoms with E-state index in [2.05, 4.69) is 58.2 Å². The summed E-state index contributed by atoms with van der Waals surface area (Å²) in [5, 5.41) is 2.18. The molecule has 0 saturated carbocycles. The first-order chi connectivity index (χ1) is 8.69. The van der Waals surface area contributed by atoms with Crippen LogP contribution in [0.5, 0.6) is 0 Å². The quantitative estimate of drug-likeness (QED) is 0.805. The van der Waals surface area contributed by atoms with Crippen molar-refractivity contribution in [3.05, 3.63) is 11.2 Å². The van der Waals surface area contributed by atoms with Crippen molar-refractivity contribution in [2.45, 2.75) is 58.8 Å². The Hall–Kier alpha value is -0.165. The minimum absolute atomic E-state index is 0.251. The second-order valence-electron chi connectivity index (χ2n) is 6.33. The highest BCUT2D eigenvalue weighted by Crippen LogP contribution is 2.40. The maximum absolute atomic E-state index is 6.16. The zero-order valence-corrected chi connectivity index (χ0v) is 13.9. The average Bonchev–Trinajstić information content (AvgIpc) is 2.63. The number of hydrogen-bond acceptors (Lipinski definition) is 5. The number of thioether (sulfide) groups is 1. The summed E-state index contributed by atoms with van der Waals surface area (Å²) in [6.45, 7) is 12.7. The third kappa shape index (κ3) is 2.56. The third-order valence-corrected chi connectivity index (χ3v) is 4.92. The molecule has 6 heteroatoms. The summed E-state index contributed by atoms with van der Waals surface area (Å²) in [6, 6.07) is 0.252. The van der Waals surface area contributed by atoms with E-state index in [0.29, 0.717) is 0 Å². The monoisotopic (exact) mass is 284 g/mol. The minimum atomic E-state index is -0.280. The van der Waals surface area contributed by atoms with Crippen LogP contribution in [0, 0.1) is 0 Å². The lowest BCUT2D eigenvalue weighted by Crippen LogP contribution is -2.41. The zero-order chi connectivity index (χ0) is 14.4. The fourth-order valence-corrected chi connectivity index (χ4v) is 3.00. The fraction of sp³-hybridized carbons (Fsp3) is 0.846. The van der Waals surface area contributed by atoms with Crippen LogP contribution in [0.3, 0.4) is 0 Å². The van der Waals surface area contributed by atoms with Crippen LogP contribution in [0.1, 0.15) is 41.5 Å². The largest absolute Gasteiger partial charge is 0.494 e. The van der Waals surface area contributed by atoms with E-state index >= 15 is 0 Å². The van der Waals surface area contributed by atoms with Crippen molar-refractivity contribution in [1.29, 1.82) is 0 Å². The second kappa shape index (κ2) is 4.99. The second-order valence-corrected chi connectivity index (χ2v) is 7.16. The lowest BCUT2D eigenvalue weighted by Gasteiger charge is -2.32. The lowest BCUT2D eigenvalue weighted by atomic mass is 9.74. The minimum Gasteiger partial charge on any atom is -0.399 e. The summed E-state index contributed by atoms with van der Waals surface area (Å²) in [4.78, 5) is 0. The Morgan fingerprint density at radius 3 is 2.26 bits per heavy atom. The molecule has 0 aromatic heterocycles. The highest BCUT2D eigenvalue weighted by Gasteiger charge is 2.54. The van der Waals surface area contributed by atoms with Gasteiger partial charge in [0, 0.05) is 11.7 Å². The van der Waals surface area contributed by atoms with Crippen LogP contribution in [-0.2, 0) is 9.31 Å². The maximum atomic E-state index is 6.16. The molecular weight excluding hydrogens is 259 g/mol. The van der Waals surface area contributed by atoms with Crippen LogP contribution in [0.4, 0.5) is 0 Å². The molecule has 4 nitrogen and oxygen atoms in total. The van der Waals surface area contributed by atoms with Gasteiger partial charge in [0.25, 0.3) is 0 Å². The van der Waals surface area contributed by atoms with E-state index in [1.807, 2.05) is 0 Å². The van der Waals surface area contributed by atoms with E-state index in [0.717, 1.165) is 5.88 Å². The van der Waals surface area contributed by atoms with Gasteiger partial charge in [0.15, 0.2) is 0 Å². The average molecular weight is 284 g/mol. The molecule has 0 aromatic rings. The molecule has 2 aliphatic rings. The van der Waals surface area contributed by atoms with Crippen molar-refractivity contribution in [3.8, 4) is 0 Å². The van der Waals surface area contributed by atoms with E-state index in [4.69, 9.17) is 9.31 Å². The van der Waals surface area contributed by atoms with E-state index in [-0.39, 0.29) is 24.4 Å². The predicted octanol–water partition coefficient (Wildman–Crippen LogP) is 2.42. The summed E-state index contributed by atoms with van der Waals surface area (Å²) in [5.41, 5.74) is 5.34. The van der Waals surface area contributed by atoms with Crippen molar-refractivity contribution in [3.63, 3.8) is 0 Å². The molecule has 2 rings (SSSR count). The van der Waals surface area contributed by atoms with Gasteiger partial charge in [0.1, 0.15) is 0 Å². The number of allylic oxidation sites excluding steroid dienone is 1. The third-order valence-electron chi connectivity index (χ3n) is 4.40. The van der Waals surface area contributed by atoms with Gasteiger partial charge in [-0.1, -0.05) is 0 Å². The van der Waals surface area contributed by atoms with Crippen LogP contribution >= 0.6 is 11.8 Å². The molecule has 2 heterocycles. The van der Waals surface area contributed by atoms with Gasteiger partial charge in [0.2, 0.25) is 0 Å². The molecule has 0 bridgehead atoms. The van der Waals surface area contributed by atoms with Crippen molar-refractivity contribution in [2.75, 3.05) is 12.1 Å². The number of hydrazine groups is 1. The topological polar surface area (TPSA) is 33.7 Å². The van der Waals surface area contributed by atoms with Crippen LogP contribution in [0.2, 0.25) is 0 Å². The summed E-state index contributed by atoms with van der Waals surface area (Å²) in [7, 11) is -0.251. The number of rotatable bonds is 3. The molecule has 2 aliphatic heterocycles. The predicted molar refractivity (Wildman–Crippen MR) is 81.6 cm³/mol. The SMILES string of the molecule is CSCN1NC(C)C(B2OC(C)(C)C(C)(C)O2)=C1C. The normalized spacial score (nSPS) is 29.5. The number of hydrogen-bond donors (Lipinski definition) is 1. The van der Waals surface area contributed by atoms with Gasteiger partial charge in [-0.25, -0.2) is 5.43 Å².